The van der Waals surface area contributed by atoms with Crippen LogP contribution in [0.5, 0.6) is 0 Å². The van der Waals surface area contributed by atoms with E-state index in [1.165, 1.54) is 0 Å². The summed E-state index contributed by atoms with van der Waals surface area (Å²) in [4.78, 5) is 13.9. The molecule has 0 aliphatic carbocycles. The zero-order valence-corrected chi connectivity index (χ0v) is 12.1. The number of carbonyl (C=O) groups is 1. The van der Waals surface area contributed by atoms with Gasteiger partial charge in [-0.1, -0.05) is 18.2 Å². The summed E-state index contributed by atoms with van der Waals surface area (Å²) < 4.78 is 0. The number of hydrogen-bond acceptors (Lipinski definition) is 3. The Morgan fingerprint density at radius 3 is 2.33 bits per heavy atom. The van der Waals surface area contributed by atoms with Crippen molar-refractivity contribution in [3.8, 4) is 0 Å². The first-order chi connectivity index (χ1) is 10.1. The van der Waals surface area contributed by atoms with E-state index in [-0.39, 0.29) is 12.6 Å². The molecule has 0 bridgehead atoms. The summed E-state index contributed by atoms with van der Waals surface area (Å²) in [5.74, 6) is 0. The van der Waals surface area contributed by atoms with Crippen LogP contribution >= 0.6 is 0 Å². The minimum Gasteiger partial charge on any atom is -0.392 e. The lowest BCUT2D eigenvalue weighted by atomic mass is 10.2. The van der Waals surface area contributed by atoms with E-state index in [2.05, 4.69) is 10.6 Å². The third-order valence-corrected chi connectivity index (χ3v) is 3.08. The largest absolute Gasteiger partial charge is 0.392 e. The summed E-state index contributed by atoms with van der Waals surface area (Å²) in [5, 5.41) is 14.7. The number of hydrogen-bond donors (Lipinski definition) is 3. The molecule has 0 heterocycles. The van der Waals surface area contributed by atoms with E-state index in [1.807, 2.05) is 49.3 Å². The molecule has 0 atom stereocenters. The van der Waals surface area contributed by atoms with Crippen molar-refractivity contribution >= 4 is 23.1 Å². The van der Waals surface area contributed by atoms with Crippen LogP contribution in [0.2, 0.25) is 0 Å². The van der Waals surface area contributed by atoms with Gasteiger partial charge in [-0.15, -0.1) is 0 Å². The summed E-state index contributed by atoms with van der Waals surface area (Å²) in [6, 6.07) is 14.3. The van der Waals surface area contributed by atoms with Crippen molar-refractivity contribution in [3.63, 3.8) is 0 Å². The summed E-state index contributed by atoms with van der Waals surface area (Å²) in [7, 11) is 3.92. The topological polar surface area (TPSA) is 64.6 Å². The second kappa shape index (κ2) is 6.76. The van der Waals surface area contributed by atoms with Crippen LogP contribution in [0.25, 0.3) is 0 Å². The van der Waals surface area contributed by atoms with Crippen LogP contribution < -0.4 is 15.5 Å². The molecule has 0 aliphatic rings. The molecule has 21 heavy (non-hydrogen) atoms. The lowest BCUT2D eigenvalue weighted by molar-refractivity contribution is 0.262. The van der Waals surface area contributed by atoms with Crippen LogP contribution in [0.1, 0.15) is 5.56 Å². The van der Waals surface area contributed by atoms with Gasteiger partial charge in [0, 0.05) is 36.7 Å². The van der Waals surface area contributed by atoms with Crippen LogP contribution in [-0.4, -0.2) is 25.2 Å². The number of nitrogens with one attached hydrogen (secondary N) is 2. The molecular formula is C16H19N3O2. The molecule has 0 spiro atoms. The first-order valence-corrected chi connectivity index (χ1v) is 6.64. The highest BCUT2D eigenvalue weighted by Crippen LogP contribution is 2.17. The van der Waals surface area contributed by atoms with Gasteiger partial charge in [-0.25, -0.2) is 4.79 Å². The number of nitrogens with zero attached hydrogens (tertiary/aromatic N) is 1. The number of aliphatic hydroxyl groups is 1. The maximum atomic E-state index is 12.0. The molecular weight excluding hydrogens is 266 g/mol. The first kappa shape index (κ1) is 14.9. The Hall–Kier alpha value is -2.53. The third-order valence-electron chi connectivity index (χ3n) is 3.08. The van der Waals surface area contributed by atoms with Gasteiger partial charge in [-0.3, -0.25) is 0 Å². The highest BCUT2D eigenvalue weighted by atomic mass is 16.3. The Morgan fingerprint density at radius 1 is 1.05 bits per heavy atom. The second-order valence-electron chi connectivity index (χ2n) is 4.84. The van der Waals surface area contributed by atoms with Crippen LogP contribution in [-0.2, 0) is 6.61 Å². The molecule has 5 nitrogen and oxygen atoms in total. The first-order valence-electron chi connectivity index (χ1n) is 6.64. The Bertz CT molecular complexity index is 609. The Kier molecular flexibility index (Phi) is 4.79. The van der Waals surface area contributed by atoms with E-state index in [0.29, 0.717) is 16.9 Å². The molecule has 0 saturated heterocycles. The van der Waals surface area contributed by atoms with Gasteiger partial charge in [0.25, 0.3) is 0 Å². The maximum Gasteiger partial charge on any atom is 0.323 e. The minimum atomic E-state index is -0.339. The van der Waals surface area contributed by atoms with E-state index >= 15 is 0 Å². The van der Waals surface area contributed by atoms with E-state index in [4.69, 9.17) is 0 Å². The smallest absolute Gasteiger partial charge is 0.323 e. The number of para-hydroxylation sites is 1. The van der Waals surface area contributed by atoms with Crippen molar-refractivity contribution in [3.05, 3.63) is 54.1 Å². The Balaban J connectivity index is 2.01. The summed E-state index contributed by atoms with van der Waals surface area (Å²) in [6.45, 7) is -0.117. The van der Waals surface area contributed by atoms with Gasteiger partial charge < -0.3 is 20.6 Å². The number of rotatable bonds is 4. The molecule has 0 saturated carbocycles. The standard InChI is InChI=1S/C16H19N3O2/c1-19(2)14-9-7-13(8-10-14)17-16(21)18-15-6-4-3-5-12(15)11-20/h3-10,20H,11H2,1-2H3,(H2,17,18,21). The van der Waals surface area contributed by atoms with E-state index in [9.17, 15) is 9.90 Å². The van der Waals surface area contributed by atoms with Crippen LogP contribution in [0.4, 0.5) is 21.9 Å². The highest BCUT2D eigenvalue weighted by molar-refractivity contribution is 6.00. The molecule has 2 rings (SSSR count). The fourth-order valence-electron chi connectivity index (χ4n) is 1.91. The van der Waals surface area contributed by atoms with Crippen LogP contribution in [0.3, 0.4) is 0 Å². The fraction of sp³-hybridized carbons (Fsp3) is 0.188. The summed E-state index contributed by atoms with van der Waals surface area (Å²) in [5.41, 5.74) is 3.05. The van der Waals surface area contributed by atoms with Crippen molar-refractivity contribution < 1.29 is 9.90 Å². The number of aliphatic hydroxyl groups excluding tert-OH is 1. The average molecular weight is 285 g/mol. The molecule has 0 unspecified atom stereocenters. The molecule has 5 heteroatoms. The number of anilines is 3. The third kappa shape index (κ3) is 3.97. The van der Waals surface area contributed by atoms with Gasteiger partial charge in [0.1, 0.15) is 0 Å². The normalized spacial score (nSPS) is 10.0. The minimum absolute atomic E-state index is 0.117. The Morgan fingerprint density at radius 2 is 1.71 bits per heavy atom. The lowest BCUT2D eigenvalue weighted by Crippen LogP contribution is -2.20. The molecule has 0 aliphatic heterocycles. The molecule has 110 valence electrons. The van der Waals surface area contributed by atoms with Crippen molar-refractivity contribution in [2.75, 3.05) is 29.6 Å². The van der Waals surface area contributed by atoms with Gasteiger partial charge in [-0.05, 0) is 30.3 Å². The molecule has 0 fully saturated rings. The van der Waals surface area contributed by atoms with Crippen molar-refractivity contribution in [1.82, 2.24) is 0 Å². The van der Waals surface area contributed by atoms with Crippen molar-refractivity contribution in [1.29, 1.82) is 0 Å². The summed E-state index contributed by atoms with van der Waals surface area (Å²) >= 11 is 0. The van der Waals surface area contributed by atoms with Gasteiger partial charge >= 0.3 is 6.03 Å². The quantitative estimate of drug-likeness (QED) is 0.809. The van der Waals surface area contributed by atoms with E-state index < -0.39 is 0 Å². The SMILES string of the molecule is CN(C)c1ccc(NC(=O)Nc2ccccc2CO)cc1. The molecule has 2 aromatic rings. The molecule has 3 N–H and O–H groups in total. The lowest BCUT2D eigenvalue weighted by Gasteiger charge is -2.14. The predicted molar refractivity (Wildman–Crippen MR) is 85.8 cm³/mol. The predicted octanol–water partition coefficient (Wildman–Crippen LogP) is 2.89. The monoisotopic (exact) mass is 285 g/mol. The second-order valence-corrected chi connectivity index (χ2v) is 4.84. The fourth-order valence-corrected chi connectivity index (χ4v) is 1.91. The number of benzene rings is 2. The van der Waals surface area contributed by atoms with Gasteiger partial charge in [0.2, 0.25) is 0 Å². The zero-order valence-electron chi connectivity index (χ0n) is 12.1. The zero-order chi connectivity index (χ0) is 15.2. The molecule has 0 aromatic heterocycles. The van der Waals surface area contributed by atoms with Crippen LogP contribution in [0.15, 0.2) is 48.5 Å². The van der Waals surface area contributed by atoms with Crippen LogP contribution in [0, 0.1) is 0 Å². The van der Waals surface area contributed by atoms with Gasteiger partial charge in [-0.2, -0.15) is 0 Å². The molecule has 2 aromatic carbocycles. The average Bonchev–Trinajstić information content (AvgIpc) is 2.48. The summed E-state index contributed by atoms with van der Waals surface area (Å²) in [6.07, 6.45) is 0. The molecule has 2 amide bonds. The maximum absolute atomic E-state index is 12.0. The van der Waals surface area contributed by atoms with Gasteiger partial charge in [0.15, 0.2) is 0 Å². The van der Waals surface area contributed by atoms with Crippen molar-refractivity contribution in [2.45, 2.75) is 6.61 Å². The number of urea groups is 1. The number of amides is 2. The Labute approximate surface area is 124 Å². The van der Waals surface area contributed by atoms with Gasteiger partial charge in [0.05, 0.1) is 6.61 Å². The van der Waals surface area contributed by atoms with E-state index in [0.717, 1.165) is 5.69 Å². The van der Waals surface area contributed by atoms with E-state index in [1.54, 1.807) is 18.2 Å². The highest BCUT2D eigenvalue weighted by Gasteiger charge is 2.06. The molecule has 0 radical (unpaired) electrons. The number of carbonyl (C=O) groups excluding carboxylic acids is 1. The van der Waals surface area contributed by atoms with Crippen molar-refractivity contribution in [2.24, 2.45) is 0 Å².